The van der Waals surface area contributed by atoms with Gasteiger partial charge in [0.1, 0.15) is 6.54 Å². The van der Waals surface area contributed by atoms with Gasteiger partial charge >= 0.3 is 5.69 Å². The van der Waals surface area contributed by atoms with Gasteiger partial charge in [-0.2, -0.15) is 0 Å². The number of hydrogen-bond donors (Lipinski definition) is 1. The lowest BCUT2D eigenvalue weighted by Crippen LogP contribution is -2.39. The van der Waals surface area contributed by atoms with Crippen LogP contribution < -0.4 is 16.6 Å². The van der Waals surface area contributed by atoms with Crippen molar-refractivity contribution in [2.45, 2.75) is 39.3 Å². The van der Waals surface area contributed by atoms with Crippen LogP contribution in [0.3, 0.4) is 0 Å². The summed E-state index contributed by atoms with van der Waals surface area (Å²) in [7, 11) is 2.96. The molecule has 1 amide bonds. The van der Waals surface area contributed by atoms with Gasteiger partial charge in [0.25, 0.3) is 5.56 Å². The largest absolute Gasteiger partial charge is 0.352 e. The lowest BCUT2D eigenvalue weighted by molar-refractivity contribution is -0.122. The van der Waals surface area contributed by atoms with Crippen LogP contribution in [0.1, 0.15) is 26.7 Å². The number of hydrogen-bond acceptors (Lipinski definition) is 4. The first-order valence-corrected chi connectivity index (χ1v) is 7.30. The molecule has 0 aromatic carbocycles. The number of aromatic nitrogens is 4. The highest BCUT2D eigenvalue weighted by atomic mass is 16.2. The Morgan fingerprint density at radius 1 is 1.23 bits per heavy atom. The van der Waals surface area contributed by atoms with Crippen LogP contribution in [-0.2, 0) is 25.4 Å². The van der Waals surface area contributed by atoms with Crippen molar-refractivity contribution in [2.24, 2.45) is 14.1 Å². The molecular formula is C14H21N5O3. The van der Waals surface area contributed by atoms with Gasteiger partial charge in [-0.05, 0) is 12.8 Å². The maximum Gasteiger partial charge on any atom is 0.332 e. The Kier molecular flexibility index (Phi) is 4.48. The molecule has 0 spiro atoms. The van der Waals surface area contributed by atoms with Crippen LogP contribution in [0.4, 0.5) is 0 Å². The fourth-order valence-electron chi connectivity index (χ4n) is 2.44. The summed E-state index contributed by atoms with van der Waals surface area (Å²) in [5, 5.41) is 2.91. The minimum atomic E-state index is -0.453. The van der Waals surface area contributed by atoms with Crippen LogP contribution >= 0.6 is 0 Å². The SMILES string of the molecule is CCC(CC)NC(=O)Cn1cnc2c1c(=O)n(C)c(=O)n2C. The molecule has 0 atom stereocenters. The highest BCUT2D eigenvalue weighted by molar-refractivity contribution is 5.79. The van der Waals surface area contributed by atoms with Crippen molar-refractivity contribution in [3.8, 4) is 0 Å². The average Bonchev–Trinajstić information content (AvgIpc) is 2.92. The zero-order valence-electron chi connectivity index (χ0n) is 13.3. The second-order valence-corrected chi connectivity index (χ2v) is 5.33. The summed E-state index contributed by atoms with van der Waals surface area (Å²) >= 11 is 0. The molecule has 1 N–H and O–H groups in total. The zero-order valence-corrected chi connectivity index (χ0v) is 13.3. The summed E-state index contributed by atoms with van der Waals surface area (Å²) in [6.07, 6.45) is 3.12. The average molecular weight is 307 g/mol. The van der Waals surface area contributed by atoms with Crippen LogP contribution in [0.15, 0.2) is 15.9 Å². The smallest absolute Gasteiger partial charge is 0.332 e. The Balaban J connectivity index is 2.40. The number of carbonyl (C=O) groups excluding carboxylic acids is 1. The second kappa shape index (κ2) is 6.17. The number of amides is 1. The normalized spacial score (nSPS) is 11.3. The topological polar surface area (TPSA) is 90.9 Å². The van der Waals surface area contributed by atoms with Gasteiger partial charge in [0, 0.05) is 20.1 Å². The minimum absolute atomic E-state index is 0.000440. The first-order chi connectivity index (χ1) is 10.4. The molecule has 0 saturated carbocycles. The van der Waals surface area contributed by atoms with Crippen molar-refractivity contribution >= 4 is 17.1 Å². The van der Waals surface area contributed by atoms with Gasteiger partial charge in [-0.3, -0.25) is 18.7 Å². The maximum absolute atomic E-state index is 12.3. The summed E-state index contributed by atoms with van der Waals surface area (Å²) in [6, 6.07) is 0.120. The second-order valence-electron chi connectivity index (χ2n) is 5.33. The van der Waals surface area contributed by atoms with E-state index in [-0.39, 0.29) is 29.7 Å². The molecule has 2 aromatic rings. The highest BCUT2D eigenvalue weighted by Crippen LogP contribution is 2.05. The summed E-state index contributed by atoms with van der Waals surface area (Å²) in [4.78, 5) is 40.3. The molecule has 2 aromatic heterocycles. The Bertz CT molecular complexity index is 810. The van der Waals surface area contributed by atoms with E-state index in [4.69, 9.17) is 0 Å². The van der Waals surface area contributed by atoms with Crippen LogP contribution in [0, 0.1) is 0 Å². The predicted molar refractivity (Wildman–Crippen MR) is 82.7 cm³/mol. The lowest BCUT2D eigenvalue weighted by atomic mass is 10.2. The van der Waals surface area contributed by atoms with E-state index in [9.17, 15) is 14.4 Å². The van der Waals surface area contributed by atoms with Crippen molar-refractivity contribution in [3.05, 3.63) is 27.2 Å². The molecule has 0 aliphatic carbocycles. The molecule has 8 nitrogen and oxygen atoms in total. The van der Waals surface area contributed by atoms with E-state index in [1.807, 2.05) is 13.8 Å². The molecule has 2 heterocycles. The van der Waals surface area contributed by atoms with Crippen molar-refractivity contribution in [3.63, 3.8) is 0 Å². The molecule has 0 aliphatic rings. The summed E-state index contributed by atoms with van der Waals surface area (Å²) < 4.78 is 3.79. The molecule has 8 heteroatoms. The van der Waals surface area contributed by atoms with E-state index >= 15 is 0 Å². The lowest BCUT2D eigenvalue weighted by Gasteiger charge is -2.15. The van der Waals surface area contributed by atoms with Gasteiger partial charge in [-0.15, -0.1) is 0 Å². The summed E-state index contributed by atoms with van der Waals surface area (Å²) in [5.41, 5.74) is -0.358. The first-order valence-electron chi connectivity index (χ1n) is 7.30. The van der Waals surface area contributed by atoms with E-state index in [1.54, 1.807) is 7.05 Å². The van der Waals surface area contributed by atoms with Gasteiger partial charge in [0.2, 0.25) is 5.91 Å². The summed E-state index contributed by atoms with van der Waals surface area (Å²) in [5.74, 6) is -0.177. The number of rotatable bonds is 5. The molecule has 0 fully saturated rings. The minimum Gasteiger partial charge on any atom is -0.352 e. The number of nitrogens with zero attached hydrogens (tertiary/aromatic N) is 4. The number of fused-ring (bicyclic) bond motifs is 1. The van der Waals surface area contributed by atoms with E-state index in [1.165, 1.54) is 22.5 Å². The number of aryl methyl sites for hydroxylation is 1. The maximum atomic E-state index is 12.3. The number of imidazole rings is 1. The Hall–Kier alpha value is -2.38. The van der Waals surface area contributed by atoms with Gasteiger partial charge in [0.15, 0.2) is 11.2 Å². The number of carbonyl (C=O) groups is 1. The van der Waals surface area contributed by atoms with Gasteiger partial charge in [-0.25, -0.2) is 9.78 Å². The molecule has 0 aliphatic heterocycles. The van der Waals surface area contributed by atoms with Gasteiger partial charge in [0.05, 0.1) is 6.33 Å². The van der Waals surface area contributed by atoms with Crippen LogP contribution in [0.25, 0.3) is 11.2 Å². The Labute approximate surface area is 127 Å². The molecule has 120 valence electrons. The monoisotopic (exact) mass is 307 g/mol. The van der Waals surface area contributed by atoms with Crippen molar-refractivity contribution in [1.82, 2.24) is 24.0 Å². The van der Waals surface area contributed by atoms with E-state index in [2.05, 4.69) is 10.3 Å². The van der Waals surface area contributed by atoms with Crippen LogP contribution in [-0.4, -0.2) is 30.6 Å². The van der Waals surface area contributed by atoms with Crippen molar-refractivity contribution in [2.75, 3.05) is 0 Å². The van der Waals surface area contributed by atoms with E-state index in [0.717, 1.165) is 17.4 Å². The third kappa shape index (κ3) is 2.68. The predicted octanol–water partition coefficient (Wildman–Crippen LogP) is -0.261. The Morgan fingerprint density at radius 2 is 1.86 bits per heavy atom. The molecular weight excluding hydrogens is 286 g/mol. The van der Waals surface area contributed by atoms with Gasteiger partial charge < -0.3 is 9.88 Å². The highest BCUT2D eigenvalue weighted by Gasteiger charge is 2.16. The first kappa shape index (κ1) is 16.0. The Morgan fingerprint density at radius 3 is 2.45 bits per heavy atom. The fraction of sp³-hybridized carbons (Fsp3) is 0.571. The molecule has 2 rings (SSSR count). The van der Waals surface area contributed by atoms with Crippen LogP contribution in [0.2, 0.25) is 0 Å². The molecule has 0 radical (unpaired) electrons. The zero-order chi connectivity index (χ0) is 16.4. The standard InChI is InChI=1S/C14H21N5O3/c1-5-9(6-2)16-10(20)7-19-8-15-12-11(19)13(21)18(4)14(22)17(12)3/h8-9H,5-7H2,1-4H3,(H,16,20). The molecule has 0 saturated heterocycles. The summed E-state index contributed by atoms with van der Waals surface area (Å²) in [6.45, 7) is 4.01. The molecule has 0 bridgehead atoms. The van der Waals surface area contributed by atoms with Gasteiger partial charge in [-0.1, -0.05) is 13.8 Å². The molecule has 22 heavy (non-hydrogen) atoms. The van der Waals surface area contributed by atoms with Crippen molar-refractivity contribution in [1.29, 1.82) is 0 Å². The number of nitrogens with one attached hydrogen (secondary N) is 1. The fourth-order valence-corrected chi connectivity index (χ4v) is 2.44. The quantitative estimate of drug-likeness (QED) is 0.824. The third-order valence-electron chi connectivity index (χ3n) is 3.88. The van der Waals surface area contributed by atoms with Crippen LogP contribution in [0.5, 0.6) is 0 Å². The van der Waals surface area contributed by atoms with E-state index in [0.29, 0.717) is 0 Å². The van der Waals surface area contributed by atoms with Crippen molar-refractivity contribution < 1.29 is 4.79 Å². The van der Waals surface area contributed by atoms with E-state index < -0.39 is 11.2 Å². The molecule has 0 unspecified atom stereocenters. The third-order valence-corrected chi connectivity index (χ3v) is 3.88.